The first-order chi connectivity index (χ1) is 9.45. The van der Waals surface area contributed by atoms with Gasteiger partial charge in [0.2, 0.25) is 0 Å². The summed E-state index contributed by atoms with van der Waals surface area (Å²) in [6, 6.07) is 6.37. The van der Waals surface area contributed by atoms with Crippen LogP contribution in [-0.4, -0.2) is 6.04 Å². The highest BCUT2D eigenvalue weighted by Crippen LogP contribution is 2.30. The molecule has 1 aromatic carbocycles. The lowest BCUT2D eigenvalue weighted by Crippen LogP contribution is -2.18. The molecule has 0 amide bonds. The molecule has 0 saturated heterocycles. The van der Waals surface area contributed by atoms with Gasteiger partial charge in [-0.25, -0.2) is 0 Å². The minimum atomic E-state index is 0.113. The van der Waals surface area contributed by atoms with Gasteiger partial charge in [-0.2, -0.15) is 0 Å². The van der Waals surface area contributed by atoms with Gasteiger partial charge in [0, 0.05) is 25.2 Å². The van der Waals surface area contributed by atoms with E-state index in [0.717, 1.165) is 32.2 Å². The van der Waals surface area contributed by atoms with Crippen molar-refractivity contribution in [3.05, 3.63) is 48.5 Å². The Balaban J connectivity index is 2.20. The van der Waals surface area contributed by atoms with Crippen LogP contribution in [0.4, 0.5) is 0 Å². The summed E-state index contributed by atoms with van der Waals surface area (Å²) >= 11 is 8.69. The van der Waals surface area contributed by atoms with Crippen molar-refractivity contribution in [1.82, 2.24) is 0 Å². The molecule has 2 rings (SSSR count). The molecule has 2 nitrogen and oxygen atoms in total. The van der Waals surface area contributed by atoms with Gasteiger partial charge in [0.05, 0.1) is 0 Å². The summed E-state index contributed by atoms with van der Waals surface area (Å²) < 4.78 is 8.20. The number of thiophene rings is 1. The Labute approximate surface area is 140 Å². The predicted molar refractivity (Wildman–Crippen MR) is 92.6 cm³/mol. The van der Waals surface area contributed by atoms with E-state index in [1.807, 2.05) is 6.92 Å². The average molecular weight is 419 g/mol. The number of nitrogens with two attached hydrogens (primary N) is 1. The van der Waals surface area contributed by atoms with Crippen LogP contribution in [0.3, 0.4) is 0 Å². The number of rotatable bonds is 5. The van der Waals surface area contributed by atoms with E-state index in [0.29, 0.717) is 6.61 Å². The zero-order chi connectivity index (χ0) is 14.7. The number of hydrogen-bond donors (Lipinski definition) is 1. The summed E-state index contributed by atoms with van der Waals surface area (Å²) in [5.74, 6) is 0.954. The van der Waals surface area contributed by atoms with Crippen LogP contribution in [0.1, 0.15) is 22.9 Å². The lowest BCUT2D eigenvalue weighted by Gasteiger charge is -2.16. The normalized spacial score (nSPS) is 12.4. The second-order valence-corrected chi connectivity index (χ2v) is 7.74. The van der Waals surface area contributed by atoms with Gasteiger partial charge in [0.25, 0.3) is 0 Å². The second-order valence-electron chi connectivity index (χ2n) is 4.91. The first-order valence-corrected chi connectivity index (χ1v) is 8.82. The summed E-state index contributed by atoms with van der Waals surface area (Å²) in [6.07, 6.45) is 0.809. The maximum Gasteiger partial charge on any atom is 0.126 e. The van der Waals surface area contributed by atoms with E-state index >= 15 is 0 Å². The summed E-state index contributed by atoms with van der Waals surface area (Å²) in [5, 5.41) is 2.07. The summed E-state index contributed by atoms with van der Waals surface area (Å²) in [6.45, 7) is 4.66. The van der Waals surface area contributed by atoms with Gasteiger partial charge in [-0.3, -0.25) is 0 Å². The van der Waals surface area contributed by atoms with Crippen molar-refractivity contribution in [1.29, 1.82) is 0 Å². The highest BCUT2D eigenvalue weighted by Gasteiger charge is 2.11. The van der Waals surface area contributed by atoms with Crippen LogP contribution >= 0.6 is 43.2 Å². The smallest absolute Gasteiger partial charge is 0.126 e. The topological polar surface area (TPSA) is 35.2 Å². The lowest BCUT2D eigenvalue weighted by molar-refractivity contribution is 0.303. The molecular formula is C15H17Br2NOS. The Morgan fingerprint density at radius 1 is 1.25 bits per heavy atom. The van der Waals surface area contributed by atoms with Crippen LogP contribution in [-0.2, 0) is 13.0 Å². The van der Waals surface area contributed by atoms with Crippen LogP contribution < -0.4 is 10.5 Å². The highest BCUT2D eigenvalue weighted by atomic mass is 79.9. The van der Waals surface area contributed by atoms with Gasteiger partial charge in [-0.05, 0) is 65.5 Å². The van der Waals surface area contributed by atoms with Crippen molar-refractivity contribution >= 4 is 43.2 Å². The first kappa shape index (κ1) is 16.0. The lowest BCUT2D eigenvalue weighted by atomic mass is 10.0. The molecule has 5 heteroatoms. The van der Waals surface area contributed by atoms with E-state index in [1.165, 1.54) is 4.88 Å². The Kier molecular flexibility index (Phi) is 5.66. The minimum Gasteiger partial charge on any atom is -0.488 e. The zero-order valence-corrected chi connectivity index (χ0v) is 15.4. The molecule has 20 heavy (non-hydrogen) atoms. The average Bonchev–Trinajstić information content (AvgIpc) is 2.73. The van der Waals surface area contributed by atoms with E-state index in [4.69, 9.17) is 10.5 Å². The Hall–Kier alpha value is -0.360. The molecule has 1 unspecified atom stereocenters. The molecule has 0 fully saturated rings. The zero-order valence-electron chi connectivity index (χ0n) is 11.5. The molecule has 2 N–H and O–H groups in total. The van der Waals surface area contributed by atoms with Crippen LogP contribution in [0.5, 0.6) is 5.75 Å². The van der Waals surface area contributed by atoms with Crippen molar-refractivity contribution in [2.45, 2.75) is 32.9 Å². The van der Waals surface area contributed by atoms with Gasteiger partial charge in [-0.15, -0.1) is 11.3 Å². The molecule has 1 aromatic heterocycles. The summed E-state index contributed by atoms with van der Waals surface area (Å²) in [5.41, 5.74) is 8.21. The van der Waals surface area contributed by atoms with Crippen LogP contribution in [0.15, 0.2) is 32.5 Å². The maximum absolute atomic E-state index is 6.04. The number of benzene rings is 1. The Bertz CT molecular complexity index is 596. The van der Waals surface area contributed by atoms with Crippen molar-refractivity contribution in [2.24, 2.45) is 5.73 Å². The molecule has 0 bridgehead atoms. The van der Waals surface area contributed by atoms with Gasteiger partial charge >= 0.3 is 0 Å². The van der Waals surface area contributed by atoms with E-state index in [2.05, 4.69) is 62.4 Å². The quantitative estimate of drug-likeness (QED) is 0.737. The van der Waals surface area contributed by atoms with Crippen molar-refractivity contribution in [2.75, 3.05) is 0 Å². The molecule has 0 aliphatic heterocycles. The number of ether oxygens (including phenoxy) is 1. The van der Waals surface area contributed by atoms with Gasteiger partial charge in [-0.1, -0.05) is 15.9 Å². The summed E-state index contributed by atoms with van der Waals surface area (Å²) in [4.78, 5) is 1.20. The molecule has 0 saturated carbocycles. The van der Waals surface area contributed by atoms with Crippen molar-refractivity contribution in [3.8, 4) is 5.75 Å². The molecule has 0 aliphatic rings. The van der Waals surface area contributed by atoms with Gasteiger partial charge in [0.15, 0.2) is 0 Å². The molecule has 1 atom stereocenters. The second kappa shape index (κ2) is 7.07. The molecule has 1 heterocycles. The molecule has 2 aromatic rings. The monoisotopic (exact) mass is 417 g/mol. The summed E-state index contributed by atoms with van der Waals surface area (Å²) in [7, 11) is 0. The fraction of sp³-hybridized carbons (Fsp3) is 0.333. The molecule has 0 radical (unpaired) electrons. The third kappa shape index (κ3) is 4.32. The standard InChI is InChI=1S/C15H17Br2NOS/c1-9-3-12(16)5-11(4-10(2)18)15(9)19-7-14-6-13(17)8-20-14/h3,5-6,8,10H,4,7,18H2,1-2H3. The van der Waals surface area contributed by atoms with Crippen LogP contribution in [0.2, 0.25) is 0 Å². The Morgan fingerprint density at radius 2 is 2.00 bits per heavy atom. The maximum atomic E-state index is 6.04. The number of aryl methyl sites for hydroxylation is 1. The number of hydrogen-bond acceptors (Lipinski definition) is 3. The predicted octanol–water partition coefficient (Wildman–Crippen LogP) is 5.05. The van der Waals surface area contributed by atoms with Crippen LogP contribution in [0, 0.1) is 6.92 Å². The molecule has 108 valence electrons. The third-order valence-electron chi connectivity index (χ3n) is 2.84. The first-order valence-electron chi connectivity index (χ1n) is 6.36. The van der Waals surface area contributed by atoms with Gasteiger partial charge < -0.3 is 10.5 Å². The third-order valence-corrected chi connectivity index (χ3v) is 4.97. The SMILES string of the molecule is Cc1cc(Br)cc(CC(C)N)c1OCc1cc(Br)cs1. The largest absolute Gasteiger partial charge is 0.488 e. The molecule has 0 spiro atoms. The fourth-order valence-electron chi connectivity index (χ4n) is 2.08. The van der Waals surface area contributed by atoms with E-state index in [9.17, 15) is 0 Å². The van der Waals surface area contributed by atoms with Crippen molar-refractivity contribution in [3.63, 3.8) is 0 Å². The van der Waals surface area contributed by atoms with Gasteiger partial charge in [0.1, 0.15) is 12.4 Å². The van der Waals surface area contributed by atoms with E-state index < -0.39 is 0 Å². The fourth-order valence-corrected chi connectivity index (χ4v) is 4.06. The molecular weight excluding hydrogens is 402 g/mol. The highest BCUT2D eigenvalue weighted by molar-refractivity contribution is 9.10. The van der Waals surface area contributed by atoms with Crippen molar-refractivity contribution < 1.29 is 4.74 Å². The van der Waals surface area contributed by atoms with Crippen LogP contribution in [0.25, 0.3) is 0 Å². The Morgan fingerprint density at radius 3 is 2.60 bits per heavy atom. The van der Waals surface area contributed by atoms with E-state index in [-0.39, 0.29) is 6.04 Å². The minimum absolute atomic E-state index is 0.113. The number of halogens is 2. The molecule has 0 aliphatic carbocycles. The van der Waals surface area contributed by atoms with E-state index in [1.54, 1.807) is 11.3 Å².